The molecule has 0 atom stereocenters. The Hall–Kier alpha value is -3.38. The first kappa shape index (κ1) is 19.4. The third-order valence-electron chi connectivity index (χ3n) is 3.85. The van der Waals surface area contributed by atoms with Crippen LogP contribution in [-0.4, -0.2) is 17.0 Å². The van der Waals surface area contributed by atoms with E-state index in [-0.39, 0.29) is 23.4 Å². The number of ether oxygens (including phenoxy) is 1. The Bertz CT molecular complexity index is 1020. The molecule has 0 aliphatic rings. The van der Waals surface area contributed by atoms with Crippen LogP contribution < -0.4 is 10.1 Å². The smallest absolute Gasteiger partial charge is 0.335 e. The van der Waals surface area contributed by atoms with Gasteiger partial charge in [-0.2, -0.15) is 0 Å². The van der Waals surface area contributed by atoms with Gasteiger partial charge in [-0.3, -0.25) is 4.79 Å². The van der Waals surface area contributed by atoms with Gasteiger partial charge in [-0.05, 0) is 60.2 Å². The fourth-order valence-electron chi connectivity index (χ4n) is 2.49. The molecule has 2 N–H and O–H groups in total. The molecule has 0 saturated heterocycles. The molecule has 0 fully saturated rings. The monoisotopic (exact) mass is 399 g/mol. The molecule has 3 aromatic carbocycles. The highest BCUT2D eigenvalue weighted by atomic mass is 35.5. The minimum absolute atomic E-state index is 0.127. The normalized spacial score (nSPS) is 10.4. The summed E-state index contributed by atoms with van der Waals surface area (Å²) in [5, 5.41) is 12.1. The molecule has 0 unspecified atom stereocenters. The molecule has 28 heavy (non-hydrogen) atoms. The topological polar surface area (TPSA) is 75.6 Å². The standard InChI is InChI=1S/C21H15ClFNO4/c22-15-4-9-19(28-17-7-5-16(23)6-8-17)18(11-15)20(25)24-12-13-2-1-3-14(10-13)21(26)27/h1-11H,12H2,(H,24,25)(H,26,27). The van der Waals surface area contributed by atoms with Gasteiger partial charge in [-0.25, -0.2) is 9.18 Å². The van der Waals surface area contributed by atoms with Crippen LogP contribution in [0, 0.1) is 5.82 Å². The molecule has 1 amide bonds. The third-order valence-corrected chi connectivity index (χ3v) is 4.09. The molecule has 0 spiro atoms. The number of halogens is 2. The number of benzene rings is 3. The number of amides is 1. The largest absolute Gasteiger partial charge is 0.478 e. The number of aromatic carboxylic acids is 1. The molecule has 7 heteroatoms. The zero-order valence-electron chi connectivity index (χ0n) is 14.5. The van der Waals surface area contributed by atoms with Crippen LogP contribution in [0.4, 0.5) is 4.39 Å². The zero-order valence-corrected chi connectivity index (χ0v) is 15.2. The Labute approximate surface area is 165 Å². The second-order valence-corrected chi connectivity index (χ2v) is 6.32. The molecule has 5 nitrogen and oxygen atoms in total. The molecular formula is C21H15ClFNO4. The van der Waals surface area contributed by atoms with Crippen molar-refractivity contribution in [2.75, 3.05) is 0 Å². The van der Waals surface area contributed by atoms with Crippen molar-refractivity contribution in [1.82, 2.24) is 5.32 Å². The van der Waals surface area contributed by atoms with Crippen LogP contribution in [0.5, 0.6) is 11.5 Å². The van der Waals surface area contributed by atoms with Gasteiger partial charge in [0.1, 0.15) is 17.3 Å². The highest BCUT2D eigenvalue weighted by Gasteiger charge is 2.15. The molecule has 3 rings (SSSR count). The number of nitrogens with one attached hydrogen (secondary N) is 1. The number of carbonyl (C=O) groups is 2. The summed E-state index contributed by atoms with van der Waals surface area (Å²) >= 11 is 6.01. The number of hydrogen-bond donors (Lipinski definition) is 2. The summed E-state index contributed by atoms with van der Waals surface area (Å²) in [4.78, 5) is 23.7. The first-order valence-electron chi connectivity index (χ1n) is 8.26. The van der Waals surface area contributed by atoms with Gasteiger partial charge in [0.05, 0.1) is 11.1 Å². The summed E-state index contributed by atoms with van der Waals surface area (Å²) in [6.45, 7) is 0.127. The Balaban J connectivity index is 1.77. The van der Waals surface area contributed by atoms with Gasteiger partial charge in [0, 0.05) is 11.6 Å². The van der Waals surface area contributed by atoms with E-state index in [1.54, 1.807) is 24.3 Å². The zero-order chi connectivity index (χ0) is 20.1. The first-order valence-corrected chi connectivity index (χ1v) is 8.63. The molecule has 0 bridgehead atoms. The number of carboxylic acids is 1. The average molecular weight is 400 g/mol. The summed E-state index contributed by atoms with van der Waals surface area (Å²) < 4.78 is 18.7. The number of hydrogen-bond acceptors (Lipinski definition) is 3. The lowest BCUT2D eigenvalue weighted by Crippen LogP contribution is -2.23. The molecule has 0 heterocycles. The molecule has 0 aliphatic heterocycles. The lowest BCUT2D eigenvalue weighted by atomic mass is 10.1. The van der Waals surface area contributed by atoms with E-state index in [4.69, 9.17) is 21.4 Å². The van der Waals surface area contributed by atoms with Gasteiger partial charge >= 0.3 is 5.97 Å². The lowest BCUT2D eigenvalue weighted by molar-refractivity contribution is 0.0696. The highest BCUT2D eigenvalue weighted by Crippen LogP contribution is 2.28. The van der Waals surface area contributed by atoms with E-state index in [9.17, 15) is 14.0 Å². The number of carbonyl (C=O) groups excluding carboxylic acids is 1. The van der Waals surface area contributed by atoms with Gasteiger partial charge < -0.3 is 15.2 Å². The molecule has 0 saturated carbocycles. The predicted octanol–water partition coefficient (Wildman–Crippen LogP) is 4.90. The van der Waals surface area contributed by atoms with E-state index in [0.717, 1.165) is 0 Å². The van der Waals surface area contributed by atoms with Crippen molar-refractivity contribution >= 4 is 23.5 Å². The van der Waals surface area contributed by atoms with Crippen molar-refractivity contribution in [2.45, 2.75) is 6.54 Å². The summed E-state index contributed by atoms with van der Waals surface area (Å²) in [7, 11) is 0. The van der Waals surface area contributed by atoms with Crippen LogP contribution in [0.1, 0.15) is 26.3 Å². The van der Waals surface area contributed by atoms with Crippen molar-refractivity contribution in [3.05, 3.63) is 94.3 Å². The maximum Gasteiger partial charge on any atom is 0.335 e. The van der Waals surface area contributed by atoms with E-state index >= 15 is 0 Å². The minimum Gasteiger partial charge on any atom is -0.478 e. The maximum atomic E-state index is 13.1. The minimum atomic E-state index is -1.04. The van der Waals surface area contributed by atoms with E-state index in [1.165, 1.54) is 42.5 Å². The molecule has 0 aliphatic carbocycles. The van der Waals surface area contributed by atoms with Crippen LogP contribution in [-0.2, 0) is 6.54 Å². The summed E-state index contributed by atoms with van der Waals surface area (Å²) in [5.74, 6) is -1.26. The van der Waals surface area contributed by atoms with Crippen molar-refractivity contribution in [2.24, 2.45) is 0 Å². The summed E-state index contributed by atoms with van der Waals surface area (Å²) in [6.07, 6.45) is 0. The Morgan fingerprint density at radius 3 is 2.50 bits per heavy atom. The van der Waals surface area contributed by atoms with Gasteiger partial charge in [-0.1, -0.05) is 23.7 Å². The van der Waals surface area contributed by atoms with E-state index in [2.05, 4.69) is 5.32 Å². The lowest BCUT2D eigenvalue weighted by Gasteiger charge is -2.12. The second-order valence-electron chi connectivity index (χ2n) is 5.88. The fraction of sp³-hybridized carbons (Fsp3) is 0.0476. The SMILES string of the molecule is O=C(O)c1cccc(CNC(=O)c2cc(Cl)ccc2Oc2ccc(F)cc2)c1. The second kappa shape index (κ2) is 8.54. The van der Waals surface area contributed by atoms with E-state index in [1.807, 2.05) is 0 Å². The van der Waals surface area contributed by atoms with Crippen LogP contribution in [0.3, 0.4) is 0 Å². The number of rotatable bonds is 6. The quantitative estimate of drug-likeness (QED) is 0.618. The van der Waals surface area contributed by atoms with E-state index in [0.29, 0.717) is 16.3 Å². The average Bonchev–Trinajstić information content (AvgIpc) is 2.69. The summed E-state index contributed by atoms with van der Waals surface area (Å²) in [5.41, 5.74) is 0.970. The fourth-order valence-corrected chi connectivity index (χ4v) is 2.66. The Kier molecular flexibility index (Phi) is 5.91. The molecule has 0 aromatic heterocycles. The van der Waals surface area contributed by atoms with Gasteiger partial charge in [-0.15, -0.1) is 0 Å². The highest BCUT2D eigenvalue weighted by molar-refractivity contribution is 6.31. The van der Waals surface area contributed by atoms with Crippen molar-refractivity contribution < 1.29 is 23.8 Å². The van der Waals surface area contributed by atoms with Crippen molar-refractivity contribution in [3.8, 4) is 11.5 Å². The van der Waals surface area contributed by atoms with E-state index < -0.39 is 17.7 Å². The van der Waals surface area contributed by atoms with Crippen LogP contribution in [0.15, 0.2) is 66.7 Å². The molecule has 0 radical (unpaired) electrons. The predicted molar refractivity (Wildman–Crippen MR) is 102 cm³/mol. The van der Waals surface area contributed by atoms with Gasteiger partial charge in [0.2, 0.25) is 0 Å². The van der Waals surface area contributed by atoms with Crippen LogP contribution >= 0.6 is 11.6 Å². The maximum absolute atomic E-state index is 13.1. The number of carboxylic acid groups (broad SMARTS) is 1. The van der Waals surface area contributed by atoms with Gasteiger partial charge in [0.25, 0.3) is 5.91 Å². The Morgan fingerprint density at radius 1 is 1.04 bits per heavy atom. The van der Waals surface area contributed by atoms with Crippen LogP contribution in [0.2, 0.25) is 5.02 Å². The Morgan fingerprint density at radius 2 is 1.79 bits per heavy atom. The van der Waals surface area contributed by atoms with Crippen molar-refractivity contribution in [3.63, 3.8) is 0 Å². The third kappa shape index (κ3) is 4.86. The molecule has 3 aromatic rings. The molecular weight excluding hydrogens is 385 g/mol. The summed E-state index contributed by atoms with van der Waals surface area (Å²) in [6, 6.07) is 16.2. The first-order chi connectivity index (χ1) is 13.4. The van der Waals surface area contributed by atoms with Gasteiger partial charge in [0.15, 0.2) is 0 Å². The molecule has 142 valence electrons. The van der Waals surface area contributed by atoms with Crippen LogP contribution in [0.25, 0.3) is 0 Å². The van der Waals surface area contributed by atoms with Crippen molar-refractivity contribution in [1.29, 1.82) is 0 Å².